The standard InChI is InChI=1S/C7H14O8S2/c1-2-3-4-5(16(10,11)12)6(7(8)9)17(13,14)15/h5-6H,2-4H2,1H3,(H,8,9)(H,10,11,12)(H,13,14,15). The van der Waals surface area contributed by atoms with E-state index in [1.165, 1.54) is 0 Å². The zero-order valence-electron chi connectivity index (χ0n) is 8.98. The predicted octanol–water partition coefficient (Wildman–Crippen LogP) is -0.226. The van der Waals surface area contributed by atoms with Crippen molar-refractivity contribution >= 4 is 26.2 Å². The third-order valence-corrected chi connectivity index (χ3v) is 4.74. The first-order valence-corrected chi connectivity index (χ1v) is 7.67. The minimum Gasteiger partial charge on any atom is -0.480 e. The zero-order valence-corrected chi connectivity index (χ0v) is 10.6. The Morgan fingerprint density at radius 2 is 1.59 bits per heavy atom. The van der Waals surface area contributed by atoms with Gasteiger partial charge in [-0.2, -0.15) is 16.8 Å². The molecule has 0 spiro atoms. The minimum atomic E-state index is -5.12. The Labute approximate surface area is 99.1 Å². The summed E-state index contributed by atoms with van der Waals surface area (Å²) >= 11 is 0. The average molecular weight is 290 g/mol. The molecule has 0 saturated heterocycles. The van der Waals surface area contributed by atoms with E-state index in [9.17, 15) is 21.6 Å². The van der Waals surface area contributed by atoms with Gasteiger partial charge in [0.15, 0.2) is 0 Å². The number of hydrogen-bond donors (Lipinski definition) is 3. The van der Waals surface area contributed by atoms with Gasteiger partial charge >= 0.3 is 5.97 Å². The number of rotatable bonds is 7. The van der Waals surface area contributed by atoms with Gasteiger partial charge in [0.25, 0.3) is 20.2 Å². The molecule has 0 bridgehead atoms. The van der Waals surface area contributed by atoms with Crippen LogP contribution in [-0.4, -0.2) is 47.5 Å². The lowest BCUT2D eigenvalue weighted by atomic mass is 10.1. The van der Waals surface area contributed by atoms with Crippen molar-refractivity contribution in [2.24, 2.45) is 0 Å². The van der Waals surface area contributed by atoms with Crippen LogP contribution in [0, 0.1) is 0 Å². The molecule has 2 unspecified atom stereocenters. The Bertz CT molecular complexity index is 462. The van der Waals surface area contributed by atoms with E-state index in [1.807, 2.05) is 0 Å². The highest BCUT2D eigenvalue weighted by Gasteiger charge is 2.45. The van der Waals surface area contributed by atoms with Crippen molar-refractivity contribution in [3.8, 4) is 0 Å². The molecule has 0 amide bonds. The third-order valence-electron chi connectivity index (χ3n) is 2.13. The molecule has 0 aliphatic heterocycles. The lowest BCUT2D eigenvalue weighted by Crippen LogP contribution is -2.44. The quantitative estimate of drug-likeness (QED) is 0.545. The Hall–Kier alpha value is -0.710. The molecular weight excluding hydrogens is 276 g/mol. The van der Waals surface area contributed by atoms with E-state index in [0.29, 0.717) is 6.42 Å². The van der Waals surface area contributed by atoms with Crippen LogP contribution in [0.2, 0.25) is 0 Å². The van der Waals surface area contributed by atoms with Crippen LogP contribution in [0.25, 0.3) is 0 Å². The molecule has 0 aromatic carbocycles. The average Bonchev–Trinajstić information content (AvgIpc) is 2.06. The van der Waals surface area contributed by atoms with Crippen LogP contribution in [0.1, 0.15) is 26.2 Å². The van der Waals surface area contributed by atoms with E-state index in [0.717, 1.165) is 0 Å². The highest BCUT2D eigenvalue weighted by Crippen LogP contribution is 2.19. The maximum atomic E-state index is 10.9. The second-order valence-electron chi connectivity index (χ2n) is 3.47. The second-order valence-corrected chi connectivity index (χ2v) is 6.64. The molecule has 17 heavy (non-hydrogen) atoms. The van der Waals surface area contributed by atoms with Crippen LogP contribution < -0.4 is 0 Å². The van der Waals surface area contributed by atoms with Crippen molar-refractivity contribution in [1.82, 2.24) is 0 Å². The Morgan fingerprint density at radius 1 is 1.12 bits per heavy atom. The molecule has 102 valence electrons. The Morgan fingerprint density at radius 3 is 1.82 bits per heavy atom. The fourth-order valence-electron chi connectivity index (χ4n) is 1.34. The summed E-state index contributed by atoms with van der Waals surface area (Å²) in [6.07, 6.45) is 0.305. The van der Waals surface area contributed by atoms with Crippen LogP contribution in [0.3, 0.4) is 0 Å². The maximum absolute atomic E-state index is 10.9. The molecule has 0 aliphatic rings. The summed E-state index contributed by atoms with van der Waals surface area (Å²) in [7, 11) is -10.0. The maximum Gasteiger partial charge on any atom is 0.325 e. The number of unbranched alkanes of at least 4 members (excludes halogenated alkanes) is 1. The molecule has 0 heterocycles. The highest BCUT2D eigenvalue weighted by molar-refractivity contribution is 7.91. The van der Waals surface area contributed by atoms with Crippen molar-refractivity contribution in [2.45, 2.75) is 36.7 Å². The summed E-state index contributed by atoms with van der Waals surface area (Å²) in [5, 5.41) is 3.97. The first kappa shape index (κ1) is 16.3. The van der Waals surface area contributed by atoms with E-state index in [2.05, 4.69) is 0 Å². The van der Waals surface area contributed by atoms with Gasteiger partial charge in [-0.15, -0.1) is 0 Å². The fourth-order valence-corrected chi connectivity index (χ4v) is 3.85. The van der Waals surface area contributed by atoms with Crippen LogP contribution >= 0.6 is 0 Å². The Kier molecular flexibility index (Phi) is 5.52. The summed E-state index contributed by atoms with van der Waals surface area (Å²) < 4.78 is 61.1. The van der Waals surface area contributed by atoms with Crippen molar-refractivity contribution in [3.05, 3.63) is 0 Å². The van der Waals surface area contributed by atoms with Crippen molar-refractivity contribution < 1.29 is 35.8 Å². The molecule has 2 atom stereocenters. The number of carboxylic acid groups (broad SMARTS) is 1. The van der Waals surface area contributed by atoms with Crippen molar-refractivity contribution in [1.29, 1.82) is 0 Å². The predicted molar refractivity (Wildman–Crippen MR) is 57.8 cm³/mol. The van der Waals surface area contributed by atoms with Gasteiger partial charge in [-0.1, -0.05) is 19.8 Å². The SMILES string of the molecule is CCCCC(C(C(=O)O)S(=O)(=O)O)S(=O)(=O)O. The minimum absolute atomic E-state index is 0.198. The summed E-state index contributed by atoms with van der Waals surface area (Å²) in [5.41, 5.74) is 0. The molecule has 8 nitrogen and oxygen atoms in total. The lowest BCUT2D eigenvalue weighted by molar-refractivity contribution is -0.136. The first-order chi connectivity index (χ1) is 7.51. The second kappa shape index (κ2) is 5.76. The summed E-state index contributed by atoms with van der Waals surface area (Å²) in [6, 6.07) is 0. The number of aliphatic carboxylic acids is 1. The molecule has 3 N–H and O–H groups in total. The van der Waals surface area contributed by atoms with E-state index in [4.69, 9.17) is 14.2 Å². The van der Waals surface area contributed by atoms with Gasteiger partial charge < -0.3 is 5.11 Å². The normalized spacial score (nSPS) is 16.4. The summed E-state index contributed by atoms with van der Waals surface area (Å²) in [6.45, 7) is 1.67. The molecule has 0 aromatic rings. The molecule has 0 aliphatic carbocycles. The van der Waals surface area contributed by atoms with E-state index in [1.54, 1.807) is 6.92 Å². The van der Waals surface area contributed by atoms with Crippen LogP contribution in [0.4, 0.5) is 0 Å². The number of carbonyl (C=O) groups is 1. The lowest BCUT2D eigenvalue weighted by Gasteiger charge is -2.18. The van der Waals surface area contributed by atoms with Gasteiger partial charge in [0.2, 0.25) is 5.25 Å². The summed E-state index contributed by atoms with van der Waals surface area (Å²) in [5.74, 6) is -2.02. The van der Waals surface area contributed by atoms with Gasteiger partial charge in [-0.05, 0) is 6.42 Å². The Balaban J connectivity index is 5.48. The number of hydrogen-bond acceptors (Lipinski definition) is 5. The molecule has 0 aromatic heterocycles. The van der Waals surface area contributed by atoms with Crippen LogP contribution in [0.15, 0.2) is 0 Å². The van der Waals surface area contributed by atoms with E-state index in [-0.39, 0.29) is 12.8 Å². The first-order valence-electron chi connectivity index (χ1n) is 4.67. The largest absolute Gasteiger partial charge is 0.480 e. The highest BCUT2D eigenvalue weighted by atomic mass is 32.2. The topological polar surface area (TPSA) is 146 Å². The molecule has 0 fully saturated rings. The van der Waals surface area contributed by atoms with Crippen LogP contribution in [-0.2, 0) is 25.0 Å². The van der Waals surface area contributed by atoms with Gasteiger partial charge in [0.05, 0.1) is 0 Å². The molecule has 0 rings (SSSR count). The summed E-state index contributed by atoms with van der Waals surface area (Å²) in [4.78, 5) is 10.7. The fraction of sp³-hybridized carbons (Fsp3) is 0.857. The van der Waals surface area contributed by atoms with Gasteiger partial charge in [0, 0.05) is 0 Å². The molecule has 0 radical (unpaired) electrons. The third kappa shape index (κ3) is 4.98. The van der Waals surface area contributed by atoms with E-state index >= 15 is 0 Å². The van der Waals surface area contributed by atoms with Crippen molar-refractivity contribution in [2.75, 3.05) is 0 Å². The zero-order chi connectivity index (χ0) is 13.9. The smallest absolute Gasteiger partial charge is 0.325 e. The van der Waals surface area contributed by atoms with E-state index < -0.39 is 36.7 Å². The van der Waals surface area contributed by atoms with Gasteiger partial charge in [-0.25, -0.2) is 0 Å². The molecular formula is C7H14O8S2. The van der Waals surface area contributed by atoms with Crippen molar-refractivity contribution in [3.63, 3.8) is 0 Å². The van der Waals surface area contributed by atoms with Crippen LogP contribution in [0.5, 0.6) is 0 Å². The number of carboxylic acids is 1. The van der Waals surface area contributed by atoms with Gasteiger partial charge in [-0.3, -0.25) is 13.9 Å². The monoisotopic (exact) mass is 290 g/mol. The molecule has 10 heteroatoms. The molecule has 0 saturated carbocycles. The van der Waals surface area contributed by atoms with Gasteiger partial charge in [0.1, 0.15) is 5.25 Å².